The first-order valence-corrected chi connectivity index (χ1v) is 7.09. The number of aryl methyl sites for hydroxylation is 1. The van der Waals surface area contributed by atoms with E-state index in [1.807, 2.05) is 25.1 Å². The van der Waals surface area contributed by atoms with E-state index in [0.717, 1.165) is 13.8 Å². The number of benzene rings is 1. The molecule has 0 saturated carbocycles. The summed E-state index contributed by atoms with van der Waals surface area (Å²) in [6, 6.07) is 7.41. The van der Waals surface area contributed by atoms with Crippen LogP contribution < -0.4 is 5.32 Å². The SMILES string of the molecule is Cc1cc(CNC(=O)c2cc(I)ccc2Br)no1. The Labute approximate surface area is 126 Å². The van der Waals surface area contributed by atoms with E-state index in [-0.39, 0.29) is 5.91 Å². The Morgan fingerprint density at radius 2 is 2.28 bits per heavy atom. The maximum atomic E-state index is 12.0. The van der Waals surface area contributed by atoms with Crippen molar-refractivity contribution >= 4 is 44.4 Å². The van der Waals surface area contributed by atoms with Crippen LogP contribution in [-0.4, -0.2) is 11.1 Å². The fraction of sp³-hybridized carbons (Fsp3) is 0.167. The van der Waals surface area contributed by atoms with Crippen molar-refractivity contribution in [3.63, 3.8) is 0 Å². The monoisotopic (exact) mass is 420 g/mol. The first-order valence-electron chi connectivity index (χ1n) is 5.21. The molecule has 0 aliphatic carbocycles. The van der Waals surface area contributed by atoms with Gasteiger partial charge >= 0.3 is 0 Å². The van der Waals surface area contributed by atoms with Crippen LogP contribution in [0, 0.1) is 10.5 Å². The molecule has 0 unspecified atom stereocenters. The highest BCUT2D eigenvalue weighted by Crippen LogP contribution is 2.19. The summed E-state index contributed by atoms with van der Waals surface area (Å²) in [5.74, 6) is 0.593. The number of hydrogen-bond donors (Lipinski definition) is 1. The molecule has 1 amide bonds. The van der Waals surface area contributed by atoms with Crippen molar-refractivity contribution in [1.82, 2.24) is 10.5 Å². The summed E-state index contributed by atoms with van der Waals surface area (Å²) in [6.45, 7) is 2.17. The zero-order valence-electron chi connectivity index (χ0n) is 9.54. The van der Waals surface area contributed by atoms with E-state index in [4.69, 9.17) is 4.52 Å². The third-order valence-electron chi connectivity index (χ3n) is 2.28. The molecule has 1 heterocycles. The van der Waals surface area contributed by atoms with E-state index in [0.29, 0.717) is 17.8 Å². The van der Waals surface area contributed by atoms with E-state index in [9.17, 15) is 4.79 Å². The minimum atomic E-state index is -0.138. The van der Waals surface area contributed by atoms with E-state index >= 15 is 0 Å². The van der Waals surface area contributed by atoms with Crippen LogP contribution in [0.3, 0.4) is 0 Å². The molecule has 0 saturated heterocycles. The van der Waals surface area contributed by atoms with Crippen molar-refractivity contribution in [3.05, 3.63) is 49.3 Å². The molecule has 0 aliphatic heterocycles. The average Bonchev–Trinajstić information content (AvgIpc) is 2.75. The van der Waals surface area contributed by atoms with Gasteiger partial charge < -0.3 is 9.84 Å². The van der Waals surface area contributed by atoms with Crippen molar-refractivity contribution in [2.24, 2.45) is 0 Å². The lowest BCUT2D eigenvalue weighted by molar-refractivity contribution is 0.0949. The molecule has 0 atom stereocenters. The Morgan fingerprint density at radius 3 is 2.94 bits per heavy atom. The molecule has 0 fully saturated rings. The van der Waals surface area contributed by atoms with Gasteiger partial charge in [0.05, 0.1) is 12.1 Å². The lowest BCUT2D eigenvalue weighted by Crippen LogP contribution is -2.23. The zero-order chi connectivity index (χ0) is 13.1. The molecule has 6 heteroatoms. The zero-order valence-corrected chi connectivity index (χ0v) is 13.3. The second-order valence-electron chi connectivity index (χ2n) is 3.74. The quantitative estimate of drug-likeness (QED) is 0.775. The van der Waals surface area contributed by atoms with Crippen LogP contribution in [0.1, 0.15) is 21.8 Å². The summed E-state index contributed by atoms with van der Waals surface area (Å²) in [5.41, 5.74) is 1.32. The van der Waals surface area contributed by atoms with Gasteiger partial charge in [0.1, 0.15) is 11.5 Å². The molecule has 94 valence electrons. The van der Waals surface area contributed by atoms with E-state index in [1.54, 1.807) is 6.07 Å². The molecule has 0 radical (unpaired) electrons. The maximum absolute atomic E-state index is 12.0. The molecule has 2 rings (SSSR count). The molecule has 1 aromatic heterocycles. The van der Waals surface area contributed by atoms with Gasteiger partial charge in [-0.3, -0.25) is 4.79 Å². The van der Waals surface area contributed by atoms with Crippen molar-refractivity contribution in [1.29, 1.82) is 0 Å². The van der Waals surface area contributed by atoms with Gasteiger partial charge in [-0.05, 0) is 63.6 Å². The van der Waals surface area contributed by atoms with Gasteiger partial charge in [0, 0.05) is 14.1 Å². The topological polar surface area (TPSA) is 55.1 Å². The summed E-state index contributed by atoms with van der Waals surface area (Å²) in [4.78, 5) is 12.0. The van der Waals surface area contributed by atoms with Gasteiger partial charge in [-0.25, -0.2) is 0 Å². The molecule has 2 aromatic rings. The number of nitrogens with one attached hydrogen (secondary N) is 1. The number of carbonyl (C=O) groups excluding carboxylic acids is 1. The van der Waals surface area contributed by atoms with Crippen LogP contribution in [0.4, 0.5) is 0 Å². The standard InChI is InChI=1S/C12H10BrIN2O2/c1-7-4-9(16-18-7)6-15-12(17)10-5-8(14)2-3-11(10)13/h2-5H,6H2,1H3,(H,15,17). The fourth-order valence-corrected chi connectivity index (χ4v) is 2.36. The van der Waals surface area contributed by atoms with E-state index < -0.39 is 0 Å². The highest BCUT2D eigenvalue weighted by molar-refractivity contribution is 14.1. The third kappa shape index (κ3) is 3.32. The lowest BCUT2D eigenvalue weighted by Gasteiger charge is -2.05. The molecule has 4 nitrogen and oxygen atoms in total. The van der Waals surface area contributed by atoms with Gasteiger partial charge in [0.15, 0.2) is 0 Å². The largest absolute Gasteiger partial charge is 0.361 e. The molecule has 18 heavy (non-hydrogen) atoms. The van der Waals surface area contributed by atoms with Crippen LogP contribution in [0.25, 0.3) is 0 Å². The van der Waals surface area contributed by atoms with Crippen LogP contribution in [0.15, 0.2) is 33.3 Å². The van der Waals surface area contributed by atoms with Crippen LogP contribution in [0.2, 0.25) is 0 Å². The Bertz CT molecular complexity index is 583. The van der Waals surface area contributed by atoms with Crippen molar-refractivity contribution < 1.29 is 9.32 Å². The van der Waals surface area contributed by atoms with Gasteiger partial charge in [0.2, 0.25) is 0 Å². The Morgan fingerprint density at radius 1 is 1.50 bits per heavy atom. The Balaban J connectivity index is 2.05. The van der Waals surface area contributed by atoms with Crippen molar-refractivity contribution in [3.8, 4) is 0 Å². The van der Waals surface area contributed by atoms with Crippen LogP contribution in [-0.2, 0) is 6.54 Å². The number of amides is 1. The minimum absolute atomic E-state index is 0.138. The number of halogens is 2. The Kier molecular flexibility index (Phi) is 4.39. The summed E-state index contributed by atoms with van der Waals surface area (Å²) >= 11 is 5.53. The number of hydrogen-bond acceptors (Lipinski definition) is 3. The van der Waals surface area contributed by atoms with Crippen LogP contribution in [0.5, 0.6) is 0 Å². The molecule has 0 bridgehead atoms. The molecular formula is C12H10BrIN2O2. The summed E-state index contributed by atoms with van der Waals surface area (Å²) in [5, 5.41) is 6.62. The number of carbonyl (C=O) groups is 1. The summed E-state index contributed by atoms with van der Waals surface area (Å²) in [7, 11) is 0. The second kappa shape index (κ2) is 5.83. The number of nitrogens with zero attached hydrogens (tertiary/aromatic N) is 1. The molecule has 1 N–H and O–H groups in total. The van der Waals surface area contributed by atoms with Gasteiger partial charge in [0.25, 0.3) is 5.91 Å². The second-order valence-corrected chi connectivity index (χ2v) is 5.84. The van der Waals surface area contributed by atoms with Gasteiger partial charge in [-0.2, -0.15) is 0 Å². The maximum Gasteiger partial charge on any atom is 0.252 e. The highest BCUT2D eigenvalue weighted by Gasteiger charge is 2.11. The number of rotatable bonds is 3. The lowest BCUT2D eigenvalue weighted by atomic mass is 10.2. The summed E-state index contributed by atoms with van der Waals surface area (Å²) < 4.78 is 6.72. The van der Waals surface area contributed by atoms with Gasteiger partial charge in [-0.15, -0.1) is 0 Å². The van der Waals surface area contributed by atoms with E-state index in [1.165, 1.54) is 0 Å². The van der Waals surface area contributed by atoms with Crippen molar-refractivity contribution in [2.45, 2.75) is 13.5 Å². The van der Waals surface area contributed by atoms with Gasteiger partial charge in [-0.1, -0.05) is 5.16 Å². The minimum Gasteiger partial charge on any atom is -0.361 e. The molecule has 0 aliphatic rings. The highest BCUT2D eigenvalue weighted by atomic mass is 127. The smallest absolute Gasteiger partial charge is 0.252 e. The Hall–Kier alpha value is -0.890. The van der Waals surface area contributed by atoms with Crippen LogP contribution >= 0.6 is 38.5 Å². The first-order chi connectivity index (χ1) is 8.56. The molecule has 1 aromatic carbocycles. The fourth-order valence-electron chi connectivity index (χ4n) is 1.44. The van der Waals surface area contributed by atoms with Crippen molar-refractivity contribution in [2.75, 3.05) is 0 Å². The molecule has 0 spiro atoms. The predicted octanol–water partition coefficient (Wildman–Crippen LogP) is 3.28. The third-order valence-corrected chi connectivity index (χ3v) is 3.64. The molecular weight excluding hydrogens is 411 g/mol. The average molecular weight is 421 g/mol. The number of aromatic nitrogens is 1. The normalized spacial score (nSPS) is 10.4. The summed E-state index contributed by atoms with van der Waals surface area (Å²) in [6.07, 6.45) is 0. The van der Waals surface area contributed by atoms with E-state index in [2.05, 4.69) is 49.0 Å². The predicted molar refractivity (Wildman–Crippen MR) is 79.3 cm³/mol. The first kappa shape index (κ1) is 13.5.